The highest BCUT2D eigenvalue weighted by Gasteiger charge is 2.27. The third-order valence-electron chi connectivity index (χ3n) is 6.07. The molecule has 6 heteroatoms. The second-order valence-electron chi connectivity index (χ2n) is 8.32. The van der Waals surface area contributed by atoms with Crippen LogP contribution in [-0.2, 0) is 4.79 Å². The number of hydrogen-bond acceptors (Lipinski definition) is 3. The van der Waals surface area contributed by atoms with Crippen molar-refractivity contribution in [3.8, 4) is 5.75 Å². The van der Waals surface area contributed by atoms with Crippen molar-refractivity contribution in [1.29, 1.82) is 0 Å². The van der Waals surface area contributed by atoms with Gasteiger partial charge in [-0.2, -0.15) is 0 Å². The molecule has 1 fully saturated rings. The predicted octanol–water partition coefficient (Wildman–Crippen LogP) is 5.48. The number of para-hydroxylation sites is 1. The molecule has 0 radical (unpaired) electrons. The fraction of sp³-hybridized carbons (Fsp3) is 0.296. The maximum absolute atomic E-state index is 13.5. The highest BCUT2D eigenvalue weighted by Crippen LogP contribution is 2.26. The maximum Gasteiger partial charge on any atom is 0.223 e. The second-order valence-corrected chi connectivity index (χ2v) is 8.76. The summed E-state index contributed by atoms with van der Waals surface area (Å²) in [6, 6.07) is 23.1. The van der Waals surface area contributed by atoms with Crippen LogP contribution in [-0.4, -0.2) is 37.0 Å². The minimum Gasteiger partial charge on any atom is -0.492 e. The molecule has 1 saturated heterocycles. The van der Waals surface area contributed by atoms with E-state index in [1.165, 1.54) is 12.1 Å². The fourth-order valence-corrected chi connectivity index (χ4v) is 4.28. The highest BCUT2D eigenvalue weighted by atomic mass is 35.5. The van der Waals surface area contributed by atoms with Gasteiger partial charge in [-0.3, -0.25) is 9.69 Å². The highest BCUT2D eigenvalue weighted by molar-refractivity contribution is 6.30. The average molecular weight is 467 g/mol. The second kappa shape index (κ2) is 11.3. The van der Waals surface area contributed by atoms with Gasteiger partial charge in [0.2, 0.25) is 5.91 Å². The lowest BCUT2D eigenvalue weighted by Gasteiger charge is -2.32. The molecule has 0 spiro atoms. The summed E-state index contributed by atoms with van der Waals surface area (Å²) < 4.78 is 19.3. The van der Waals surface area contributed by atoms with Crippen molar-refractivity contribution in [3.63, 3.8) is 0 Å². The third kappa shape index (κ3) is 6.56. The Morgan fingerprint density at radius 1 is 0.970 bits per heavy atom. The smallest absolute Gasteiger partial charge is 0.223 e. The number of carbonyl (C=O) groups excluding carboxylic acids is 1. The SMILES string of the molecule is O=C(NC(c1ccc(F)cc1)c1ccc(Cl)cc1)C1CCN(CCOc2ccccc2)CC1. The van der Waals surface area contributed by atoms with E-state index in [1.807, 2.05) is 42.5 Å². The van der Waals surface area contributed by atoms with Crippen molar-refractivity contribution >= 4 is 17.5 Å². The normalized spacial score (nSPS) is 15.7. The number of rotatable bonds is 8. The molecule has 0 aromatic heterocycles. The van der Waals surface area contributed by atoms with E-state index >= 15 is 0 Å². The van der Waals surface area contributed by atoms with Gasteiger partial charge in [0.05, 0.1) is 6.04 Å². The van der Waals surface area contributed by atoms with Crippen LogP contribution in [0.15, 0.2) is 78.9 Å². The third-order valence-corrected chi connectivity index (χ3v) is 6.32. The molecule has 3 aromatic carbocycles. The van der Waals surface area contributed by atoms with Gasteiger partial charge >= 0.3 is 0 Å². The Kier molecular flexibility index (Phi) is 7.97. The van der Waals surface area contributed by atoms with Crippen molar-refractivity contribution in [2.45, 2.75) is 18.9 Å². The van der Waals surface area contributed by atoms with Crippen LogP contribution >= 0.6 is 11.6 Å². The zero-order valence-corrected chi connectivity index (χ0v) is 19.2. The van der Waals surface area contributed by atoms with Gasteiger partial charge < -0.3 is 10.1 Å². The summed E-state index contributed by atoms with van der Waals surface area (Å²) in [4.78, 5) is 15.5. The van der Waals surface area contributed by atoms with E-state index in [4.69, 9.17) is 16.3 Å². The Hall–Kier alpha value is -2.89. The first-order chi connectivity index (χ1) is 16.1. The molecule has 1 aliphatic rings. The number of nitrogens with one attached hydrogen (secondary N) is 1. The maximum atomic E-state index is 13.5. The summed E-state index contributed by atoms with van der Waals surface area (Å²) in [6.45, 7) is 3.19. The van der Waals surface area contributed by atoms with Crippen LogP contribution in [0.25, 0.3) is 0 Å². The fourth-order valence-electron chi connectivity index (χ4n) is 4.16. The van der Waals surface area contributed by atoms with Crippen LogP contribution < -0.4 is 10.1 Å². The first-order valence-electron chi connectivity index (χ1n) is 11.3. The van der Waals surface area contributed by atoms with Crippen LogP contribution in [0.4, 0.5) is 4.39 Å². The van der Waals surface area contributed by atoms with E-state index in [9.17, 15) is 9.18 Å². The molecule has 0 bridgehead atoms. The first kappa shape index (κ1) is 23.3. The summed E-state index contributed by atoms with van der Waals surface area (Å²) >= 11 is 6.04. The molecule has 1 heterocycles. The molecule has 3 aromatic rings. The number of carbonyl (C=O) groups is 1. The van der Waals surface area contributed by atoms with Gasteiger partial charge in [-0.15, -0.1) is 0 Å². The summed E-state index contributed by atoms with van der Waals surface area (Å²) in [6.07, 6.45) is 1.60. The zero-order chi connectivity index (χ0) is 23.0. The largest absolute Gasteiger partial charge is 0.492 e. The monoisotopic (exact) mass is 466 g/mol. The lowest BCUT2D eigenvalue weighted by molar-refractivity contribution is -0.127. The van der Waals surface area contributed by atoms with Crippen LogP contribution in [0.1, 0.15) is 30.0 Å². The molecule has 1 N–H and O–H groups in total. The lowest BCUT2D eigenvalue weighted by Crippen LogP contribution is -2.42. The van der Waals surface area contributed by atoms with Gasteiger partial charge in [0.25, 0.3) is 0 Å². The Bertz CT molecular complexity index is 975. The van der Waals surface area contributed by atoms with Crippen molar-refractivity contribution in [2.24, 2.45) is 5.92 Å². The number of hydrogen-bond donors (Lipinski definition) is 1. The number of benzene rings is 3. The van der Waals surface area contributed by atoms with E-state index in [2.05, 4.69) is 10.2 Å². The van der Waals surface area contributed by atoms with Crippen molar-refractivity contribution < 1.29 is 13.9 Å². The number of ether oxygens (including phenoxy) is 1. The molecular weight excluding hydrogens is 439 g/mol. The lowest BCUT2D eigenvalue weighted by atomic mass is 9.93. The number of halogens is 2. The summed E-state index contributed by atoms with van der Waals surface area (Å²) in [5, 5.41) is 3.82. The molecule has 1 unspecified atom stereocenters. The van der Waals surface area contributed by atoms with Gasteiger partial charge in [-0.25, -0.2) is 4.39 Å². The molecule has 1 amide bonds. The molecular formula is C27H28ClFN2O2. The standard InChI is InChI=1S/C27H28ClFN2O2/c28-23-10-6-20(7-11-23)26(21-8-12-24(29)13-9-21)30-27(32)22-14-16-31(17-15-22)18-19-33-25-4-2-1-3-5-25/h1-13,22,26H,14-19H2,(H,30,32). The van der Waals surface area contributed by atoms with Gasteiger partial charge in [0.15, 0.2) is 0 Å². The number of amides is 1. The topological polar surface area (TPSA) is 41.6 Å². The quantitative estimate of drug-likeness (QED) is 0.478. The van der Waals surface area contributed by atoms with Crippen molar-refractivity contribution in [1.82, 2.24) is 10.2 Å². The molecule has 1 atom stereocenters. The molecule has 4 rings (SSSR count). The number of likely N-dealkylation sites (tertiary alicyclic amines) is 1. The molecule has 172 valence electrons. The molecule has 33 heavy (non-hydrogen) atoms. The molecule has 1 aliphatic heterocycles. The van der Waals surface area contributed by atoms with Crippen molar-refractivity contribution in [3.05, 3.63) is 101 Å². The predicted molar refractivity (Wildman–Crippen MR) is 129 cm³/mol. The van der Waals surface area contributed by atoms with E-state index in [-0.39, 0.29) is 23.7 Å². The summed E-state index contributed by atoms with van der Waals surface area (Å²) in [5.74, 6) is 0.551. The summed E-state index contributed by atoms with van der Waals surface area (Å²) in [7, 11) is 0. The zero-order valence-electron chi connectivity index (χ0n) is 18.4. The van der Waals surface area contributed by atoms with E-state index in [1.54, 1.807) is 24.3 Å². The number of piperidine rings is 1. The van der Waals surface area contributed by atoms with Gasteiger partial charge in [0, 0.05) is 17.5 Å². The summed E-state index contributed by atoms with van der Waals surface area (Å²) in [5.41, 5.74) is 1.75. The Balaban J connectivity index is 1.32. The Morgan fingerprint density at radius 3 is 2.21 bits per heavy atom. The minimum atomic E-state index is -0.354. The van der Waals surface area contributed by atoms with E-state index in [0.29, 0.717) is 11.6 Å². The van der Waals surface area contributed by atoms with Crippen molar-refractivity contribution in [2.75, 3.05) is 26.2 Å². The molecule has 4 nitrogen and oxygen atoms in total. The Labute approximate surface area is 199 Å². The van der Waals surface area contributed by atoms with Gasteiger partial charge in [-0.05, 0) is 73.5 Å². The average Bonchev–Trinajstić information content (AvgIpc) is 2.85. The first-order valence-corrected chi connectivity index (χ1v) is 11.7. The van der Waals surface area contributed by atoms with Crippen LogP contribution in [0.5, 0.6) is 5.75 Å². The van der Waals surface area contributed by atoms with Crippen LogP contribution in [0.3, 0.4) is 0 Å². The number of nitrogens with zero attached hydrogens (tertiary/aromatic N) is 1. The Morgan fingerprint density at radius 2 is 1.58 bits per heavy atom. The van der Waals surface area contributed by atoms with Gasteiger partial charge in [-0.1, -0.05) is 54.1 Å². The molecule has 0 saturated carbocycles. The van der Waals surface area contributed by atoms with E-state index in [0.717, 1.165) is 49.4 Å². The van der Waals surface area contributed by atoms with Crippen LogP contribution in [0, 0.1) is 11.7 Å². The van der Waals surface area contributed by atoms with E-state index < -0.39 is 0 Å². The molecule has 0 aliphatic carbocycles. The van der Waals surface area contributed by atoms with Gasteiger partial charge in [0.1, 0.15) is 18.2 Å². The minimum absolute atomic E-state index is 0.0273. The van der Waals surface area contributed by atoms with Crippen LogP contribution in [0.2, 0.25) is 5.02 Å².